The van der Waals surface area contributed by atoms with E-state index in [1.54, 1.807) is 41.5 Å². The number of amides is 2. The van der Waals surface area contributed by atoms with E-state index >= 15 is 0 Å². The molecule has 0 spiro atoms. The van der Waals surface area contributed by atoms with Gasteiger partial charge in [-0.3, -0.25) is 4.98 Å². The maximum Gasteiger partial charge on any atom is 0.410 e. The number of halogens is 10. The molecule has 0 unspecified atom stereocenters. The van der Waals surface area contributed by atoms with Gasteiger partial charge in [0.2, 0.25) is 0 Å². The van der Waals surface area contributed by atoms with Gasteiger partial charge in [0.05, 0.1) is 37.9 Å². The maximum absolute atomic E-state index is 14.7. The quantitative estimate of drug-likeness (QED) is 0.108. The van der Waals surface area contributed by atoms with Crippen molar-refractivity contribution in [2.45, 2.75) is 64.6 Å². The van der Waals surface area contributed by atoms with Crippen molar-refractivity contribution in [2.75, 3.05) is 62.2 Å². The van der Waals surface area contributed by atoms with E-state index in [4.69, 9.17) is 55.9 Å². The van der Waals surface area contributed by atoms with Crippen LogP contribution in [-0.2, 0) is 9.47 Å². The summed E-state index contributed by atoms with van der Waals surface area (Å²) in [7, 11) is 0. The highest BCUT2D eigenvalue weighted by molar-refractivity contribution is 14.1. The molecule has 23 heteroatoms. The van der Waals surface area contributed by atoms with Crippen molar-refractivity contribution in [2.24, 2.45) is 0 Å². The maximum atomic E-state index is 14.7. The van der Waals surface area contributed by atoms with Crippen molar-refractivity contribution < 1.29 is 41.0 Å². The number of anilines is 2. The molecule has 2 aliphatic rings. The van der Waals surface area contributed by atoms with Gasteiger partial charge in [-0.05, 0) is 47.6 Å². The van der Waals surface area contributed by atoms with Crippen molar-refractivity contribution in [3.05, 3.63) is 48.5 Å². The number of pyridine rings is 1. The Labute approximate surface area is 353 Å². The summed E-state index contributed by atoms with van der Waals surface area (Å²) >= 11 is 26.1. The van der Waals surface area contributed by atoms with Crippen molar-refractivity contribution in [3.8, 4) is 11.4 Å². The molecule has 0 saturated carbocycles. The second-order valence-electron chi connectivity index (χ2n) is 14.6. The van der Waals surface area contributed by atoms with E-state index in [-0.39, 0.29) is 69.6 Å². The molecule has 0 radical (unpaired) electrons. The van der Waals surface area contributed by atoms with Crippen LogP contribution in [0.1, 0.15) is 41.5 Å². The molecule has 0 bridgehead atoms. The Morgan fingerprint density at radius 2 is 1.16 bits per heavy atom. The van der Waals surface area contributed by atoms with Crippen LogP contribution in [0.5, 0.6) is 0 Å². The first-order chi connectivity index (χ1) is 25.7. The first-order valence-corrected chi connectivity index (χ1v) is 19.3. The molecule has 2 saturated heterocycles. The van der Waals surface area contributed by atoms with Crippen LogP contribution < -0.4 is 9.80 Å². The Morgan fingerprint density at radius 1 is 0.714 bits per heavy atom. The van der Waals surface area contributed by atoms with Gasteiger partial charge < -0.3 is 29.1 Å². The fraction of sp³-hybridized carbons (Fsp3) is 0.545. The molecule has 3 aromatic rings. The third kappa shape index (κ3) is 12.7. The molecular formula is C33H37Cl4F5IN9O4. The van der Waals surface area contributed by atoms with Crippen LogP contribution >= 0.6 is 69.0 Å². The van der Waals surface area contributed by atoms with Crippen molar-refractivity contribution in [3.63, 3.8) is 0 Å². The Bertz CT molecular complexity index is 1930. The summed E-state index contributed by atoms with van der Waals surface area (Å²) in [5, 5.41) is -0.368. The number of alkyl halides is 4. The lowest BCUT2D eigenvalue weighted by molar-refractivity contribution is -0.0285. The standard InChI is InChI=1S/C19H20Cl2F3N5O2.C14H17Cl2F2IN4O2/c1-18(2,3)31-17(30)29-7-6-28(9-19(23,24)10-29)16-13(20)14(21)26-15(27-16)11-4-5-25-8-12(11)22;1-13(2,3)25-12(24)23-5-4-22(6-14(17,18)7-23)10-8(15)9(16)20-11(19)21-10/h4-5,8H,6-7,9-10H2,1-3H3;4-7H2,1-3H3. The summed E-state index contributed by atoms with van der Waals surface area (Å²) in [6.45, 7) is 7.03. The molecule has 13 nitrogen and oxygen atoms in total. The monoisotopic (exact) mass is 985 g/mol. The Hall–Kier alpha value is -3.01. The van der Waals surface area contributed by atoms with Crippen LogP contribution in [0.15, 0.2) is 18.5 Å². The zero-order valence-electron chi connectivity index (χ0n) is 30.8. The minimum atomic E-state index is -3.30. The van der Waals surface area contributed by atoms with Gasteiger partial charge in [0.1, 0.15) is 21.2 Å². The lowest BCUT2D eigenvalue weighted by Gasteiger charge is -2.27. The molecule has 5 heterocycles. The SMILES string of the molecule is CC(C)(C)OC(=O)N1CCN(c2nc(-c3ccncc3F)nc(Cl)c2Cl)CC(F)(F)C1.CC(C)(C)OC(=O)N1CCN(c2nc(I)nc(Cl)c2Cl)CC(F)(F)C1. The summed E-state index contributed by atoms with van der Waals surface area (Å²) in [6, 6.07) is 1.33. The van der Waals surface area contributed by atoms with E-state index in [1.807, 2.05) is 22.6 Å². The molecule has 0 aliphatic carbocycles. The number of carbonyl (C=O) groups excluding carboxylic acids is 2. The molecule has 0 aromatic carbocycles. The molecular weight excluding hydrogens is 950 g/mol. The van der Waals surface area contributed by atoms with Crippen LogP contribution in [0.2, 0.25) is 20.4 Å². The zero-order valence-corrected chi connectivity index (χ0v) is 36.0. The number of carbonyl (C=O) groups is 2. The van der Waals surface area contributed by atoms with Crippen LogP contribution in [0.25, 0.3) is 11.4 Å². The van der Waals surface area contributed by atoms with E-state index in [9.17, 15) is 31.5 Å². The summed E-state index contributed by atoms with van der Waals surface area (Å²) in [6.07, 6.45) is 0.679. The van der Waals surface area contributed by atoms with Crippen molar-refractivity contribution in [1.82, 2.24) is 34.7 Å². The van der Waals surface area contributed by atoms with Crippen LogP contribution in [0.4, 0.5) is 43.2 Å². The third-order valence-corrected chi connectivity index (χ3v) is 9.36. The van der Waals surface area contributed by atoms with E-state index < -0.39 is 67.2 Å². The highest BCUT2D eigenvalue weighted by atomic mass is 127. The van der Waals surface area contributed by atoms with E-state index in [2.05, 4.69) is 24.9 Å². The molecule has 3 aromatic heterocycles. The Morgan fingerprint density at radius 3 is 1.61 bits per heavy atom. The lowest BCUT2D eigenvalue weighted by Crippen LogP contribution is -2.44. The van der Waals surface area contributed by atoms with Crippen molar-refractivity contribution >= 4 is 92.8 Å². The van der Waals surface area contributed by atoms with Gasteiger partial charge in [0.15, 0.2) is 37.4 Å². The molecule has 0 N–H and O–H groups in total. The number of hydrogen-bond donors (Lipinski definition) is 0. The number of hydrogen-bond acceptors (Lipinski definition) is 11. The van der Waals surface area contributed by atoms with Crippen LogP contribution in [0.3, 0.4) is 0 Å². The summed E-state index contributed by atoms with van der Waals surface area (Å²) < 4.78 is 82.9. The van der Waals surface area contributed by atoms with E-state index in [0.29, 0.717) is 3.83 Å². The van der Waals surface area contributed by atoms with Gasteiger partial charge in [-0.25, -0.2) is 51.5 Å². The molecule has 5 rings (SSSR count). The predicted molar refractivity (Wildman–Crippen MR) is 210 cm³/mol. The zero-order chi connectivity index (χ0) is 42.0. The minimum absolute atomic E-state index is 0.00333. The third-order valence-electron chi connectivity index (χ3n) is 7.44. The average Bonchev–Trinajstić information content (AvgIpc) is 3.32. The highest BCUT2D eigenvalue weighted by Crippen LogP contribution is 2.36. The van der Waals surface area contributed by atoms with E-state index in [1.165, 1.54) is 22.1 Å². The number of ether oxygens (including phenoxy) is 2. The average molecular weight is 987 g/mol. The van der Waals surface area contributed by atoms with Gasteiger partial charge in [-0.1, -0.05) is 46.4 Å². The van der Waals surface area contributed by atoms with Gasteiger partial charge >= 0.3 is 12.2 Å². The second kappa shape index (κ2) is 17.9. The molecule has 0 atom stereocenters. The molecule has 56 heavy (non-hydrogen) atoms. The molecule has 2 amide bonds. The molecule has 308 valence electrons. The number of rotatable bonds is 3. The molecule has 2 aliphatic heterocycles. The summed E-state index contributed by atoms with van der Waals surface area (Å²) in [5.74, 6) is -7.25. The fourth-order valence-corrected chi connectivity index (χ4v) is 6.58. The van der Waals surface area contributed by atoms with Gasteiger partial charge in [-0.15, -0.1) is 0 Å². The van der Waals surface area contributed by atoms with Crippen LogP contribution in [0, 0.1) is 9.65 Å². The van der Waals surface area contributed by atoms with Gasteiger partial charge in [0.25, 0.3) is 11.8 Å². The first-order valence-electron chi connectivity index (χ1n) is 16.7. The largest absolute Gasteiger partial charge is 0.444 e. The first kappa shape index (κ1) is 45.7. The predicted octanol–water partition coefficient (Wildman–Crippen LogP) is 8.76. The summed E-state index contributed by atoms with van der Waals surface area (Å²) in [4.78, 5) is 48.7. The fourth-order valence-electron chi connectivity index (χ4n) is 5.23. The highest BCUT2D eigenvalue weighted by Gasteiger charge is 2.42. The smallest absolute Gasteiger partial charge is 0.410 e. The van der Waals surface area contributed by atoms with Gasteiger partial charge in [0, 0.05) is 55.0 Å². The van der Waals surface area contributed by atoms with Crippen molar-refractivity contribution in [1.29, 1.82) is 0 Å². The number of nitrogens with zero attached hydrogens (tertiary/aromatic N) is 9. The Balaban J connectivity index is 0.000000255. The normalized spacial score (nSPS) is 17.4. The van der Waals surface area contributed by atoms with E-state index in [0.717, 1.165) is 16.0 Å². The topological polar surface area (TPSA) is 130 Å². The minimum Gasteiger partial charge on any atom is -0.444 e. The summed E-state index contributed by atoms with van der Waals surface area (Å²) in [5.41, 5.74) is -1.60. The molecule has 2 fully saturated rings. The van der Waals surface area contributed by atoms with Crippen LogP contribution in [-0.4, -0.2) is 122 Å². The second-order valence-corrected chi connectivity index (χ2v) is 17.0. The Kier molecular flexibility index (Phi) is 14.6. The van der Waals surface area contributed by atoms with Gasteiger partial charge in [-0.2, -0.15) is 0 Å². The lowest BCUT2D eigenvalue weighted by atomic mass is 10.2. The number of aromatic nitrogens is 5.